The third kappa shape index (κ3) is 3.86. The van der Waals surface area contributed by atoms with Gasteiger partial charge in [0.05, 0.1) is 38.0 Å². The molecule has 1 N–H and O–H groups in total. The minimum absolute atomic E-state index is 0.0877. The topological polar surface area (TPSA) is 86.6 Å². The molecule has 33 heavy (non-hydrogen) atoms. The molecule has 0 saturated heterocycles. The number of oxime groups is 1. The Kier molecular flexibility index (Phi) is 6.22. The zero-order chi connectivity index (χ0) is 23.4. The summed E-state index contributed by atoms with van der Waals surface area (Å²) in [5.41, 5.74) is 0.582. The van der Waals surface area contributed by atoms with Crippen LogP contribution in [-0.4, -0.2) is 37.6 Å². The van der Waals surface area contributed by atoms with Crippen LogP contribution in [0.15, 0.2) is 78.0 Å². The van der Waals surface area contributed by atoms with Gasteiger partial charge in [0, 0.05) is 5.56 Å². The number of nitrogens with zero attached hydrogens (tertiary/aromatic N) is 1. The summed E-state index contributed by atoms with van der Waals surface area (Å²) in [7, 11) is 3.18. The molecule has 2 atom stereocenters. The van der Waals surface area contributed by atoms with Gasteiger partial charge in [-0.3, -0.25) is 0 Å². The monoisotopic (exact) mass is 447 g/mol. The van der Waals surface area contributed by atoms with Gasteiger partial charge in [-0.2, -0.15) is 0 Å². The van der Waals surface area contributed by atoms with Crippen molar-refractivity contribution in [1.29, 1.82) is 0 Å². The van der Waals surface area contributed by atoms with E-state index in [1.807, 2.05) is 36.4 Å². The first-order valence-electron chi connectivity index (χ1n) is 10.5. The van der Waals surface area contributed by atoms with Crippen molar-refractivity contribution in [2.24, 2.45) is 5.16 Å². The third-order valence-electron chi connectivity index (χ3n) is 5.69. The molecule has 0 aliphatic carbocycles. The lowest BCUT2D eigenvalue weighted by Crippen LogP contribution is -2.44. The zero-order valence-electron chi connectivity index (χ0n) is 18.6. The zero-order valence-corrected chi connectivity index (χ0v) is 18.6. The molecule has 0 radical (unpaired) electrons. The number of ether oxygens (including phenoxy) is 3. The molecule has 0 spiro atoms. The van der Waals surface area contributed by atoms with Crippen LogP contribution in [0.1, 0.15) is 29.5 Å². The van der Waals surface area contributed by atoms with Crippen LogP contribution in [0.3, 0.4) is 0 Å². The number of hydrogen-bond donors (Lipinski definition) is 1. The maximum absolute atomic E-state index is 13.5. The fourth-order valence-electron chi connectivity index (χ4n) is 4.08. The van der Waals surface area contributed by atoms with E-state index in [1.54, 1.807) is 51.5 Å². The number of phenols is 1. The predicted molar refractivity (Wildman–Crippen MR) is 123 cm³/mol. The van der Waals surface area contributed by atoms with Crippen LogP contribution in [0.4, 0.5) is 0 Å². The van der Waals surface area contributed by atoms with E-state index < -0.39 is 17.5 Å². The Bertz CT molecular complexity index is 1160. The van der Waals surface area contributed by atoms with Gasteiger partial charge < -0.3 is 24.2 Å². The van der Waals surface area contributed by atoms with Crippen molar-refractivity contribution in [3.8, 4) is 17.2 Å². The molecule has 7 heteroatoms. The summed E-state index contributed by atoms with van der Waals surface area (Å²) in [5.74, 6) is -0.0690. The second-order valence-corrected chi connectivity index (χ2v) is 7.48. The minimum atomic E-state index is -1.72. The number of rotatable bonds is 7. The molecule has 3 aromatic rings. The highest BCUT2D eigenvalue weighted by molar-refractivity contribution is 6.10. The highest BCUT2D eigenvalue weighted by Crippen LogP contribution is 2.50. The maximum Gasteiger partial charge on any atom is 0.359 e. The van der Waals surface area contributed by atoms with Crippen molar-refractivity contribution in [3.05, 3.63) is 89.5 Å². The largest absolute Gasteiger partial charge is 0.507 e. The number of phenolic OH excluding ortho intramolecular Hbond substituents is 1. The number of hydrogen-bond acceptors (Lipinski definition) is 7. The summed E-state index contributed by atoms with van der Waals surface area (Å²) >= 11 is 0. The number of esters is 1. The molecule has 3 aromatic carbocycles. The number of carbonyl (C=O) groups is 1. The van der Waals surface area contributed by atoms with Crippen LogP contribution in [0.5, 0.6) is 17.2 Å². The molecule has 0 unspecified atom stereocenters. The van der Waals surface area contributed by atoms with E-state index in [-0.39, 0.29) is 17.9 Å². The number of methoxy groups -OCH3 is 2. The van der Waals surface area contributed by atoms with E-state index in [1.165, 1.54) is 6.07 Å². The van der Waals surface area contributed by atoms with E-state index in [2.05, 4.69) is 5.16 Å². The molecule has 7 nitrogen and oxygen atoms in total. The van der Waals surface area contributed by atoms with Gasteiger partial charge in [0.1, 0.15) is 17.2 Å². The molecule has 0 saturated carbocycles. The first kappa shape index (κ1) is 22.2. The van der Waals surface area contributed by atoms with Crippen LogP contribution in [0.2, 0.25) is 0 Å². The molecule has 0 bridgehead atoms. The summed E-state index contributed by atoms with van der Waals surface area (Å²) in [5, 5.41) is 15.1. The SMILES string of the molecule is CCOC(=O)[C@]1(c2ccccc2O)ON=C(c2ccc(OC)cc2)[C@H]1c1ccc(OC)cc1. The van der Waals surface area contributed by atoms with E-state index in [0.29, 0.717) is 17.2 Å². The summed E-state index contributed by atoms with van der Waals surface area (Å²) in [4.78, 5) is 19.5. The third-order valence-corrected chi connectivity index (χ3v) is 5.69. The van der Waals surface area contributed by atoms with Gasteiger partial charge >= 0.3 is 5.97 Å². The smallest absolute Gasteiger partial charge is 0.359 e. The highest BCUT2D eigenvalue weighted by Gasteiger charge is 2.59. The summed E-state index contributed by atoms with van der Waals surface area (Å²) < 4.78 is 16.0. The molecular weight excluding hydrogens is 422 g/mol. The van der Waals surface area contributed by atoms with E-state index in [0.717, 1.165) is 11.1 Å². The van der Waals surface area contributed by atoms with Gasteiger partial charge in [-0.05, 0) is 55.0 Å². The Morgan fingerprint density at radius 2 is 1.58 bits per heavy atom. The average molecular weight is 447 g/mol. The quantitative estimate of drug-likeness (QED) is 0.541. The molecule has 0 amide bonds. The van der Waals surface area contributed by atoms with E-state index in [4.69, 9.17) is 19.0 Å². The van der Waals surface area contributed by atoms with Crippen molar-refractivity contribution >= 4 is 11.7 Å². The molecule has 1 aliphatic heterocycles. The molecule has 4 rings (SSSR count). The van der Waals surface area contributed by atoms with Gasteiger partial charge in [-0.1, -0.05) is 35.5 Å². The van der Waals surface area contributed by atoms with Crippen molar-refractivity contribution in [1.82, 2.24) is 0 Å². The van der Waals surface area contributed by atoms with E-state index in [9.17, 15) is 9.90 Å². The van der Waals surface area contributed by atoms with Crippen molar-refractivity contribution in [2.75, 3.05) is 20.8 Å². The van der Waals surface area contributed by atoms with Gasteiger partial charge in [0.15, 0.2) is 0 Å². The fourth-order valence-corrected chi connectivity index (χ4v) is 4.08. The van der Waals surface area contributed by atoms with Crippen LogP contribution < -0.4 is 9.47 Å². The first-order chi connectivity index (χ1) is 16.0. The summed E-state index contributed by atoms with van der Waals surface area (Å²) in [6.07, 6.45) is 0. The van der Waals surface area contributed by atoms with Crippen LogP contribution in [-0.2, 0) is 20.0 Å². The molecular formula is C26H25NO6. The Labute approximate surface area is 192 Å². The molecule has 0 fully saturated rings. The molecule has 1 heterocycles. The first-order valence-corrected chi connectivity index (χ1v) is 10.5. The molecule has 170 valence electrons. The Morgan fingerprint density at radius 3 is 2.15 bits per heavy atom. The normalized spacial score (nSPS) is 19.4. The lowest BCUT2D eigenvalue weighted by atomic mass is 9.73. The second-order valence-electron chi connectivity index (χ2n) is 7.48. The Balaban J connectivity index is 1.94. The standard InChI is InChI=1S/C26H25NO6/c1-4-32-25(29)26(21-7-5-6-8-22(21)28)23(17-9-13-19(30-2)14-10-17)24(27-33-26)18-11-15-20(31-3)16-12-18/h5-16,23,28H,4H2,1-3H3/t23-,26-/m1/s1. The van der Waals surface area contributed by atoms with Gasteiger partial charge in [0.25, 0.3) is 5.60 Å². The minimum Gasteiger partial charge on any atom is -0.507 e. The van der Waals surface area contributed by atoms with Gasteiger partial charge in [-0.15, -0.1) is 0 Å². The number of benzene rings is 3. The number of aromatic hydroxyl groups is 1. The molecule has 1 aliphatic rings. The van der Waals surface area contributed by atoms with Gasteiger partial charge in [-0.25, -0.2) is 4.79 Å². The molecule has 0 aromatic heterocycles. The summed E-state index contributed by atoms with van der Waals surface area (Å²) in [6.45, 7) is 1.86. The van der Waals surface area contributed by atoms with Crippen LogP contribution in [0.25, 0.3) is 0 Å². The van der Waals surface area contributed by atoms with Crippen LogP contribution >= 0.6 is 0 Å². The lowest BCUT2D eigenvalue weighted by Gasteiger charge is -2.32. The van der Waals surface area contributed by atoms with Crippen molar-refractivity contribution in [2.45, 2.75) is 18.4 Å². The number of carbonyl (C=O) groups excluding carboxylic acids is 1. The second kappa shape index (κ2) is 9.24. The Morgan fingerprint density at radius 1 is 0.970 bits per heavy atom. The van der Waals surface area contributed by atoms with Crippen molar-refractivity contribution < 1.29 is 28.9 Å². The van der Waals surface area contributed by atoms with Gasteiger partial charge in [0.2, 0.25) is 0 Å². The maximum atomic E-state index is 13.5. The van der Waals surface area contributed by atoms with E-state index >= 15 is 0 Å². The highest BCUT2D eigenvalue weighted by atomic mass is 16.7. The Hall–Kier alpha value is -4.00. The fraction of sp³-hybridized carbons (Fsp3) is 0.231. The van der Waals surface area contributed by atoms with Crippen LogP contribution in [0, 0.1) is 0 Å². The van der Waals surface area contributed by atoms with Crippen molar-refractivity contribution in [3.63, 3.8) is 0 Å². The number of para-hydroxylation sites is 1. The average Bonchev–Trinajstić information content (AvgIpc) is 3.26. The predicted octanol–water partition coefficient (Wildman–Crippen LogP) is 4.39. The lowest BCUT2D eigenvalue weighted by molar-refractivity contribution is -0.172. The summed E-state index contributed by atoms with van der Waals surface area (Å²) in [6, 6.07) is 21.2.